The van der Waals surface area contributed by atoms with Crippen LogP contribution < -0.4 is 10.6 Å². The Bertz CT molecular complexity index is 927. The van der Waals surface area contributed by atoms with E-state index in [9.17, 15) is 8.78 Å². The topological polar surface area (TPSA) is 54.8 Å². The van der Waals surface area contributed by atoms with E-state index in [1.807, 2.05) is 6.07 Å². The molecule has 0 saturated carbocycles. The van der Waals surface area contributed by atoms with Crippen LogP contribution in [0.2, 0.25) is 0 Å². The third kappa shape index (κ3) is 4.14. The fraction of sp³-hybridized carbons (Fsp3) is 0.300. The number of hydrogen-bond acceptors (Lipinski definition) is 4. The van der Waals surface area contributed by atoms with Crippen LogP contribution in [0.3, 0.4) is 0 Å². The predicted molar refractivity (Wildman–Crippen MR) is 101 cm³/mol. The number of benzene rings is 2. The Kier molecular flexibility index (Phi) is 4.85. The second kappa shape index (κ2) is 7.44. The first-order valence-electron chi connectivity index (χ1n) is 9.04. The zero-order valence-corrected chi connectivity index (χ0v) is 15.0. The van der Waals surface area contributed by atoms with Gasteiger partial charge in [0.25, 0.3) is 0 Å². The van der Waals surface area contributed by atoms with E-state index < -0.39 is 11.6 Å². The number of aryl methyl sites for hydroxylation is 1. The standard InChI is InChI=1S/C20H21F2N5/c1-13-5-15(14-3-2-4-23-11-14)7-18(6-13)25-20-24-12-27(26-20)19-9-16(21)8-17(22)10-19/h5-10,12,14,23H,2-4,11H2,1H3,(H,25,26). The van der Waals surface area contributed by atoms with Gasteiger partial charge in [-0.1, -0.05) is 6.07 Å². The number of rotatable bonds is 4. The number of anilines is 2. The lowest BCUT2D eigenvalue weighted by atomic mass is 9.90. The largest absolute Gasteiger partial charge is 0.323 e. The molecule has 3 aromatic rings. The average molecular weight is 369 g/mol. The Morgan fingerprint density at radius 1 is 1.11 bits per heavy atom. The highest BCUT2D eigenvalue weighted by Gasteiger charge is 2.16. The summed E-state index contributed by atoms with van der Waals surface area (Å²) in [5.41, 5.74) is 3.63. The van der Waals surface area contributed by atoms with E-state index in [0.29, 0.717) is 11.9 Å². The van der Waals surface area contributed by atoms with Crippen molar-refractivity contribution < 1.29 is 8.78 Å². The molecule has 1 saturated heterocycles. The minimum atomic E-state index is -0.653. The molecule has 0 radical (unpaired) electrons. The van der Waals surface area contributed by atoms with Crippen molar-refractivity contribution in [2.45, 2.75) is 25.7 Å². The van der Waals surface area contributed by atoms with E-state index in [-0.39, 0.29) is 5.69 Å². The van der Waals surface area contributed by atoms with Crippen molar-refractivity contribution in [1.82, 2.24) is 20.1 Å². The maximum absolute atomic E-state index is 13.4. The highest BCUT2D eigenvalue weighted by atomic mass is 19.1. The van der Waals surface area contributed by atoms with Crippen LogP contribution in [0.4, 0.5) is 20.4 Å². The number of nitrogens with zero attached hydrogens (tertiary/aromatic N) is 3. The Hall–Kier alpha value is -2.80. The molecule has 0 spiro atoms. The zero-order valence-electron chi connectivity index (χ0n) is 15.0. The highest BCUT2D eigenvalue weighted by molar-refractivity contribution is 5.56. The quantitative estimate of drug-likeness (QED) is 0.728. The number of hydrogen-bond donors (Lipinski definition) is 2. The van der Waals surface area contributed by atoms with Crippen molar-refractivity contribution in [3.05, 3.63) is 65.5 Å². The monoisotopic (exact) mass is 369 g/mol. The summed E-state index contributed by atoms with van der Waals surface area (Å²) in [5, 5.41) is 10.9. The van der Waals surface area contributed by atoms with E-state index in [1.54, 1.807) is 0 Å². The van der Waals surface area contributed by atoms with E-state index in [2.05, 4.69) is 39.8 Å². The first kappa shape index (κ1) is 17.6. The van der Waals surface area contributed by atoms with Crippen LogP contribution in [0, 0.1) is 18.6 Å². The van der Waals surface area contributed by atoms with Gasteiger partial charge < -0.3 is 10.6 Å². The molecule has 140 valence electrons. The summed E-state index contributed by atoms with van der Waals surface area (Å²) in [6, 6.07) is 9.61. The maximum atomic E-state index is 13.4. The Morgan fingerprint density at radius 2 is 1.93 bits per heavy atom. The number of piperidine rings is 1. The van der Waals surface area contributed by atoms with Crippen LogP contribution in [0.15, 0.2) is 42.7 Å². The van der Waals surface area contributed by atoms with Crippen molar-refractivity contribution in [2.75, 3.05) is 18.4 Å². The molecule has 1 fully saturated rings. The minimum Gasteiger partial charge on any atom is -0.323 e. The lowest BCUT2D eigenvalue weighted by Gasteiger charge is -2.24. The van der Waals surface area contributed by atoms with Crippen molar-refractivity contribution >= 4 is 11.6 Å². The highest BCUT2D eigenvalue weighted by Crippen LogP contribution is 2.27. The van der Waals surface area contributed by atoms with Gasteiger partial charge in [0.2, 0.25) is 5.95 Å². The van der Waals surface area contributed by atoms with Crippen molar-refractivity contribution in [1.29, 1.82) is 0 Å². The van der Waals surface area contributed by atoms with Gasteiger partial charge in [0, 0.05) is 18.3 Å². The molecular formula is C20H21F2N5. The molecule has 1 aliphatic rings. The van der Waals surface area contributed by atoms with Crippen LogP contribution in [0.25, 0.3) is 5.69 Å². The van der Waals surface area contributed by atoms with Crippen LogP contribution in [-0.4, -0.2) is 27.9 Å². The molecule has 4 rings (SSSR count). The van der Waals surface area contributed by atoms with E-state index in [1.165, 1.54) is 41.5 Å². The second-order valence-electron chi connectivity index (χ2n) is 6.94. The van der Waals surface area contributed by atoms with Crippen molar-refractivity contribution in [3.63, 3.8) is 0 Å². The average Bonchev–Trinajstić information content (AvgIpc) is 3.10. The maximum Gasteiger partial charge on any atom is 0.246 e. The lowest BCUT2D eigenvalue weighted by molar-refractivity contribution is 0.461. The lowest BCUT2D eigenvalue weighted by Crippen LogP contribution is -2.28. The van der Waals surface area contributed by atoms with Crippen LogP contribution >= 0.6 is 0 Å². The van der Waals surface area contributed by atoms with E-state index in [4.69, 9.17) is 0 Å². The van der Waals surface area contributed by atoms with Gasteiger partial charge in [-0.2, -0.15) is 4.98 Å². The molecule has 2 heterocycles. The smallest absolute Gasteiger partial charge is 0.246 e. The summed E-state index contributed by atoms with van der Waals surface area (Å²) in [5.74, 6) is -0.433. The molecule has 27 heavy (non-hydrogen) atoms. The van der Waals surface area contributed by atoms with Gasteiger partial charge in [0.15, 0.2) is 0 Å². The van der Waals surface area contributed by atoms with E-state index >= 15 is 0 Å². The van der Waals surface area contributed by atoms with Crippen LogP contribution in [0.5, 0.6) is 0 Å². The van der Waals surface area contributed by atoms with Crippen molar-refractivity contribution in [3.8, 4) is 5.69 Å². The number of nitrogens with one attached hydrogen (secondary N) is 2. The van der Waals surface area contributed by atoms with Gasteiger partial charge >= 0.3 is 0 Å². The molecule has 5 nitrogen and oxygen atoms in total. The minimum absolute atomic E-state index is 0.284. The van der Waals surface area contributed by atoms with Gasteiger partial charge in [-0.05, 0) is 67.6 Å². The third-order valence-corrected chi connectivity index (χ3v) is 4.73. The molecule has 2 N–H and O–H groups in total. The van der Waals surface area contributed by atoms with Crippen molar-refractivity contribution in [2.24, 2.45) is 0 Å². The molecule has 2 aromatic carbocycles. The summed E-state index contributed by atoms with van der Waals surface area (Å²) >= 11 is 0. The molecule has 1 atom stereocenters. The fourth-order valence-electron chi connectivity index (χ4n) is 3.50. The Balaban J connectivity index is 1.56. The summed E-state index contributed by atoms with van der Waals surface area (Å²) < 4.78 is 28.2. The zero-order chi connectivity index (χ0) is 18.8. The SMILES string of the molecule is Cc1cc(Nc2ncn(-c3cc(F)cc(F)c3)n2)cc(C2CCCNC2)c1. The first-order chi connectivity index (χ1) is 13.1. The number of aromatic nitrogens is 3. The molecule has 0 amide bonds. The van der Waals surface area contributed by atoms with Gasteiger partial charge in [-0.15, -0.1) is 5.10 Å². The molecular weight excluding hydrogens is 348 g/mol. The molecule has 1 aliphatic heterocycles. The molecule has 7 heteroatoms. The van der Waals surface area contributed by atoms with Crippen LogP contribution in [-0.2, 0) is 0 Å². The summed E-state index contributed by atoms with van der Waals surface area (Å²) in [6.07, 6.45) is 3.78. The third-order valence-electron chi connectivity index (χ3n) is 4.73. The van der Waals surface area contributed by atoms with Gasteiger partial charge in [0.1, 0.15) is 18.0 Å². The number of halogens is 2. The Morgan fingerprint density at radius 3 is 2.67 bits per heavy atom. The van der Waals surface area contributed by atoms with Gasteiger partial charge in [-0.25, -0.2) is 13.5 Å². The van der Waals surface area contributed by atoms with Gasteiger partial charge in [0.05, 0.1) is 5.69 Å². The normalized spacial score (nSPS) is 17.1. The second-order valence-corrected chi connectivity index (χ2v) is 6.94. The molecule has 1 unspecified atom stereocenters. The van der Waals surface area contributed by atoms with Crippen LogP contribution in [0.1, 0.15) is 29.9 Å². The van der Waals surface area contributed by atoms with Gasteiger partial charge in [-0.3, -0.25) is 0 Å². The Labute approximate surface area is 156 Å². The fourth-order valence-corrected chi connectivity index (χ4v) is 3.50. The molecule has 1 aromatic heterocycles. The predicted octanol–water partition coefficient (Wildman–Crippen LogP) is 4.06. The molecule has 0 aliphatic carbocycles. The summed E-state index contributed by atoms with van der Waals surface area (Å²) in [6.45, 7) is 4.13. The summed E-state index contributed by atoms with van der Waals surface area (Å²) in [4.78, 5) is 4.20. The summed E-state index contributed by atoms with van der Waals surface area (Å²) in [7, 11) is 0. The first-order valence-corrected chi connectivity index (χ1v) is 9.04. The molecule has 0 bridgehead atoms. The van der Waals surface area contributed by atoms with E-state index in [0.717, 1.165) is 30.4 Å².